The molecule has 3 aromatic rings. The van der Waals surface area contributed by atoms with Crippen LogP contribution in [0.2, 0.25) is 5.28 Å². The molecule has 9 heteroatoms. The fourth-order valence-electron chi connectivity index (χ4n) is 2.08. The van der Waals surface area contributed by atoms with Gasteiger partial charge in [-0.2, -0.15) is 0 Å². The lowest BCUT2D eigenvalue weighted by Crippen LogP contribution is -2.06. The van der Waals surface area contributed by atoms with Crippen molar-refractivity contribution < 1.29 is 13.6 Å². The predicted molar refractivity (Wildman–Crippen MR) is 95.2 cm³/mol. The van der Waals surface area contributed by atoms with E-state index in [-0.39, 0.29) is 22.4 Å². The minimum Gasteiger partial charge on any atom is -0.310 e. The van der Waals surface area contributed by atoms with Crippen molar-refractivity contribution in [2.75, 3.05) is 4.72 Å². The quantitative estimate of drug-likeness (QED) is 0.382. The summed E-state index contributed by atoms with van der Waals surface area (Å²) in [5.74, 6) is -1.28. The normalized spacial score (nSPS) is 10.6. The van der Waals surface area contributed by atoms with Gasteiger partial charge < -0.3 is 4.72 Å². The zero-order valence-corrected chi connectivity index (χ0v) is 14.7. The van der Waals surface area contributed by atoms with Gasteiger partial charge in [0.2, 0.25) is 5.28 Å². The molecule has 0 saturated carbocycles. The monoisotopic (exact) mass is 392 g/mol. The van der Waals surface area contributed by atoms with Crippen LogP contribution in [0.3, 0.4) is 0 Å². The molecule has 5 nitrogen and oxygen atoms in total. The average Bonchev–Trinajstić information content (AvgIpc) is 2.61. The Morgan fingerprint density at radius 1 is 1.12 bits per heavy atom. The number of ketones is 1. The van der Waals surface area contributed by atoms with Crippen LogP contribution in [0.1, 0.15) is 16.1 Å². The van der Waals surface area contributed by atoms with Crippen molar-refractivity contribution in [3.8, 4) is 0 Å². The molecule has 0 fully saturated rings. The highest BCUT2D eigenvalue weighted by Crippen LogP contribution is 2.26. The lowest BCUT2D eigenvalue weighted by atomic mass is 10.1. The SMILES string of the molecule is O=C(Cc1ccnc(Cl)n1)c1ccnc(NSc2c(F)cccc2F)c1. The van der Waals surface area contributed by atoms with E-state index in [1.54, 1.807) is 12.1 Å². The van der Waals surface area contributed by atoms with E-state index in [1.165, 1.54) is 24.5 Å². The largest absolute Gasteiger partial charge is 0.310 e. The Kier molecular flexibility index (Phi) is 5.75. The van der Waals surface area contributed by atoms with Crippen molar-refractivity contribution in [1.82, 2.24) is 15.0 Å². The van der Waals surface area contributed by atoms with Gasteiger partial charge in [-0.1, -0.05) is 6.07 Å². The van der Waals surface area contributed by atoms with Gasteiger partial charge in [0.25, 0.3) is 0 Å². The summed E-state index contributed by atoms with van der Waals surface area (Å²) in [7, 11) is 0. The van der Waals surface area contributed by atoms with Crippen molar-refractivity contribution in [3.63, 3.8) is 0 Å². The van der Waals surface area contributed by atoms with Crippen LogP contribution in [0, 0.1) is 11.6 Å². The summed E-state index contributed by atoms with van der Waals surface area (Å²) < 4.78 is 30.0. The first-order valence-corrected chi connectivity index (χ1v) is 8.56. The van der Waals surface area contributed by atoms with Gasteiger partial charge in [0, 0.05) is 18.0 Å². The van der Waals surface area contributed by atoms with Crippen molar-refractivity contribution >= 4 is 35.1 Å². The maximum absolute atomic E-state index is 13.6. The number of nitrogens with one attached hydrogen (secondary N) is 1. The first-order valence-electron chi connectivity index (χ1n) is 7.36. The zero-order chi connectivity index (χ0) is 18.5. The van der Waals surface area contributed by atoms with Gasteiger partial charge >= 0.3 is 0 Å². The fraction of sp³-hybridized carbons (Fsp3) is 0.0588. The number of anilines is 1. The minimum atomic E-state index is -0.685. The van der Waals surface area contributed by atoms with Crippen molar-refractivity contribution in [2.45, 2.75) is 11.3 Å². The van der Waals surface area contributed by atoms with Crippen LogP contribution in [-0.4, -0.2) is 20.7 Å². The Morgan fingerprint density at radius 2 is 1.85 bits per heavy atom. The van der Waals surface area contributed by atoms with Gasteiger partial charge in [0.05, 0.1) is 17.0 Å². The van der Waals surface area contributed by atoms with E-state index in [9.17, 15) is 13.6 Å². The van der Waals surface area contributed by atoms with Crippen LogP contribution in [0.5, 0.6) is 0 Å². The number of hydrogen-bond donors (Lipinski definition) is 1. The molecule has 1 aromatic carbocycles. The molecule has 0 unspecified atom stereocenters. The van der Waals surface area contributed by atoms with E-state index in [0.717, 1.165) is 24.1 Å². The summed E-state index contributed by atoms with van der Waals surface area (Å²) in [6.45, 7) is 0. The number of rotatable bonds is 6. The Labute approximate surface area is 157 Å². The van der Waals surface area contributed by atoms with Crippen LogP contribution in [0.4, 0.5) is 14.6 Å². The number of benzene rings is 1. The molecule has 3 rings (SSSR count). The number of Topliss-reactive ketones (excluding diaryl/α,β-unsaturated/α-hetero) is 1. The second-order valence-electron chi connectivity index (χ2n) is 5.10. The predicted octanol–water partition coefficient (Wildman–Crippen LogP) is 4.35. The number of pyridine rings is 1. The summed E-state index contributed by atoms with van der Waals surface area (Å²) in [6.07, 6.45) is 2.94. The molecule has 0 radical (unpaired) electrons. The van der Waals surface area contributed by atoms with Crippen molar-refractivity contribution in [2.24, 2.45) is 0 Å². The van der Waals surface area contributed by atoms with Crippen LogP contribution >= 0.6 is 23.5 Å². The summed E-state index contributed by atoms with van der Waals surface area (Å²) in [4.78, 5) is 24.0. The zero-order valence-electron chi connectivity index (χ0n) is 13.1. The molecule has 0 spiro atoms. The molecule has 1 N–H and O–H groups in total. The fourth-order valence-corrected chi connectivity index (χ4v) is 2.89. The second kappa shape index (κ2) is 8.20. The molecular weight excluding hydrogens is 382 g/mol. The standard InChI is InChI=1S/C17H11ClF2N4OS/c18-17-22-7-5-11(23-17)9-14(25)10-4-6-21-15(8-10)24-26-16-12(19)2-1-3-13(16)20/h1-8H,9H2,(H,21,24). The number of hydrogen-bond acceptors (Lipinski definition) is 6. The Morgan fingerprint density at radius 3 is 2.58 bits per heavy atom. The van der Waals surface area contributed by atoms with E-state index in [2.05, 4.69) is 19.7 Å². The molecule has 26 heavy (non-hydrogen) atoms. The van der Waals surface area contributed by atoms with Gasteiger partial charge in [-0.25, -0.2) is 23.7 Å². The highest BCUT2D eigenvalue weighted by Gasteiger charge is 2.12. The number of halogens is 3. The molecule has 2 aromatic heterocycles. The van der Waals surface area contributed by atoms with Gasteiger partial charge in [0.15, 0.2) is 5.78 Å². The molecule has 0 bridgehead atoms. The van der Waals surface area contributed by atoms with E-state index in [4.69, 9.17) is 11.6 Å². The summed E-state index contributed by atoms with van der Waals surface area (Å²) in [6, 6.07) is 8.24. The van der Waals surface area contributed by atoms with Crippen LogP contribution in [0.15, 0.2) is 53.7 Å². The Balaban J connectivity index is 1.71. The van der Waals surface area contributed by atoms with Gasteiger partial charge in [-0.05, 0) is 53.9 Å². The number of carbonyl (C=O) groups excluding carboxylic acids is 1. The van der Waals surface area contributed by atoms with Crippen molar-refractivity contribution in [3.05, 3.63) is 77.0 Å². The number of carbonyl (C=O) groups is 1. The van der Waals surface area contributed by atoms with Crippen LogP contribution < -0.4 is 4.72 Å². The Bertz CT molecular complexity index is 937. The highest BCUT2D eigenvalue weighted by molar-refractivity contribution is 8.00. The van der Waals surface area contributed by atoms with E-state index in [0.29, 0.717) is 17.1 Å². The van der Waals surface area contributed by atoms with E-state index < -0.39 is 11.6 Å². The first-order chi connectivity index (χ1) is 12.5. The average molecular weight is 393 g/mol. The molecule has 0 amide bonds. The summed E-state index contributed by atoms with van der Waals surface area (Å²) in [5.41, 5.74) is 0.871. The van der Waals surface area contributed by atoms with Gasteiger partial charge in [0.1, 0.15) is 17.5 Å². The molecular formula is C17H11ClF2N4OS. The van der Waals surface area contributed by atoms with E-state index >= 15 is 0 Å². The molecule has 0 atom stereocenters. The molecule has 132 valence electrons. The second-order valence-corrected chi connectivity index (χ2v) is 6.26. The smallest absolute Gasteiger partial charge is 0.222 e. The lowest BCUT2D eigenvalue weighted by Gasteiger charge is -2.08. The maximum atomic E-state index is 13.6. The number of nitrogens with zero attached hydrogens (tertiary/aromatic N) is 3. The topological polar surface area (TPSA) is 67.8 Å². The molecule has 0 saturated heterocycles. The Hall–Kier alpha value is -2.58. The molecule has 0 aliphatic rings. The van der Waals surface area contributed by atoms with E-state index in [1.807, 2.05) is 0 Å². The highest BCUT2D eigenvalue weighted by atomic mass is 35.5. The van der Waals surface area contributed by atoms with Gasteiger partial charge in [-0.15, -0.1) is 0 Å². The maximum Gasteiger partial charge on any atom is 0.222 e. The van der Waals surface area contributed by atoms with Crippen LogP contribution in [0.25, 0.3) is 0 Å². The third kappa shape index (κ3) is 4.53. The molecule has 0 aliphatic carbocycles. The molecule has 2 heterocycles. The summed E-state index contributed by atoms with van der Waals surface area (Å²) in [5, 5.41) is 0.0655. The third-order valence-electron chi connectivity index (χ3n) is 3.28. The van der Waals surface area contributed by atoms with Gasteiger partial charge in [-0.3, -0.25) is 4.79 Å². The molecule has 0 aliphatic heterocycles. The van der Waals surface area contributed by atoms with Crippen molar-refractivity contribution in [1.29, 1.82) is 0 Å². The minimum absolute atomic E-state index is 0.0424. The van der Waals surface area contributed by atoms with Crippen LogP contribution in [-0.2, 0) is 6.42 Å². The number of aromatic nitrogens is 3. The first kappa shape index (κ1) is 18.2. The summed E-state index contributed by atoms with van der Waals surface area (Å²) >= 11 is 6.45. The third-order valence-corrected chi connectivity index (χ3v) is 4.37. The lowest BCUT2D eigenvalue weighted by molar-refractivity contribution is 0.0992.